The fraction of sp³-hybridized carbons (Fsp3) is 0.278. The normalized spacial score (nSPS) is 13.3. The molecule has 1 amide bonds. The Labute approximate surface area is 152 Å². The summed E-state index contributed by atoms with van der Waals surface area (Å²) in [6.45, 7) is 2.76. The average Bonchev–Trinajstić information content (AvgIpc) is 2.64. The van der Waals surface area contributed by atoms with E-state index in [0.717, 1.165) is 11.1 Å². The van der Waals surface area contributed by atoms with Crippen LogP contribution in [0.4, 0.5) is 0 Å². The number of carbonyl (C=O) groups is 1. The minimum absolute atomic E-state index is 0.0215. The van der Waals surface area contributed by atoms with Gasteiger partial charge in [-0.25, -0.2) is 13.1 Å². The number of benzene rings is 2. The van der Waals surface area contributed by atoms with E-state index >= 15 is 0 Å². The fourth-order valence-electron chi connectivity index (χ4n) is 2.52. The number of amides is 1. The van der Waals surface area contributed by atoms with Crippen LogP contribution in [-0.4, -0.2) is 34.1 Å². The molecule has 0 saturated heterocycles. The molecule has 138 valence electrons. The van der Waals surface area contributed by atoms with Crippen LogP contribution in [0.25, 0.3) is 0 Å². The van der Waals surface area contributed by atoms with Gasteiger partial charge >= 0.3 is 0 Å². The van der Waals surface area contributed by atoms with Gasteiger partial charge in [-0.2, -0.15) is 0 Å². The van der Waals surface area contributed by atoms with Crippen LogP contribution < -0.4 is 19.5 Å². The lowest BCUT2D eigenvalue weighted by Gasteiger charge is -2.18. The summed E-state index contributed by atoms with van der Waals surface area (Å²) in [4.78, 5) is 12.0. The van der Waals surface area contributed by atoms with Crippen LogP contribution in [0.2, 0.25) is 0 Å². The highest BCUT2D eigenvalue weighted by Gasteiger charge is 2.20. The summed E-state index contributed by atoms with van der Waals surface area (Å²) < 4.78 is 37.8. The van der Waals surface area contributed by atoms with Gasteiger partial charge in [-0.15, -0.1) is 0 Å². The highest BCUT2D eigenvalue weighted by molar-refractivity contribution is 7.89. The van der Waals surface area contributed by atoms with Gasteiger partial charge in [-0.05, 0) is 24.6 Å². The van der Waals surface area contributed by atoms with Crippen molar-refractivity contribution in [1.29, 1.82) is 0 Å². The summed E-state index contributed by atoms with van der Waals surface area (Å²) >= 11 is 0. The van der Waals surface area contributed by atoms with Gasteiger partial charge < -0.3 is 14.8 Å². The van der Waals surface area contributed by atoms with E-state index in [2.05, 4.69) is 10.0 Å². The molecular weight excluding hydrogens is 356 g/mol. The molecule has 0 bridgehead atoms. The highest BCUT2D eigenvalue weighted by Crippen LogP contribution is 2.32. The molecule has 0 spiro atoms. The van der Waals surface area contributed by atoms with E-state index in [4.69, 9.17) is 9.47 Å². The number of rotatable bonds is 6. The van der Waals surface area contributed by atoms with E-state index in [0.29, 0.717) is 31.3 Å². The predicted molar refractivity (Wildman–Crippen MR) is 95.6 cm³/mol. The van der Waals surface area contributed by atoms with Crippen LogP contribution in [-0.2, 0) is 21.4 Å². The third kappa shape index (κ3) is 4.53. The molecule has 0 fully saturated rings. The molecule has 8 heteroatoms. The minimum Gasteiger partial charge on any atom is -0.486 e. The molecule has 0 aliphatic carbocycles. The number of hydrogen-bond donors (Lipinski definition) is 2. The summed E-state index contributed by atoms with van der Waals surface area (Å²) in [6, 6.07) is 12.1. The minimum atomic E-state index is -3.82. The lowest BCUT2D eigenvalue weighted by Crippen LogP contribution is -2.36. The fourth-order valence-corrected chi connectivity index (χ4v) is 3.52. The topological polar surface area (TPSA) is 93.7 Å². The molecule has 26 heavy (non-hydrogen) atoms. The van der Waals surface area contributed by atoms with Gasteiger partial charge in [0.05, 0.1) is 11.4 Å². The second-order valence-corrected chi connectivity index (χ2v) is 7.66. The Morgan fingerprint density at radius 3 is 2.62 bits per heavy atom. The Hall–Kier alpha value is -2.58. The molecule has 2 aromatic rings. The van der Waals surface area contributed by atoms with Crippen molar-refractivity contribution in [2.75, 3.05) is 19.8 Å². The van der Waals surface area contributed by atoms with Crippen molar-refractivity contribution >= 4 is 15.9 Å². The largest absolute Gasteiger partial charge is 0.486 e. The Morgan fingerprint density at radius 1 is 1.08 bits per heavy atom. The molecule has 7 nitrogen and oxygen atoms in total. The number of ether oxygens (including phenoxy) is 2. The zero-order valence-corrected chi connectivity index (χ0v) is 15.1. The summed E-state index contributed by atoms with van der Waals surface area (Å²) in [5.41, 5.74) is 2.05. The number of carbonyl (C=O) groups excluding carboxylic acids is 1. The lowest BCUT2D eigenvalue weighted by atomic mass is 10.1. The van der Waals surface area contributed by atoms with Gasteiger partial charge in [0.15, 0.2) is 11.5 Å². The molecule has 0 saturated carbocycles. The maximum Gasteiger partial charge on any atom is 0.241 e. The van der Waals surface area contributed by atoms with E-state index in [1.807, 2.05) is 31.2 Å². The van der Waals surface area contributed by atoms with Crippen molar-refractivity contribution < 1.29 is 22.7 Å². The average molecular weight is 376 g/mol. The van der Waals surface area contributed by atoms with Crippen molar-refractivity contribution in [3.63, 3.8) is 0 Å². The van der Waals surface area contributed by atoms with E-state index in [1.54, 1.807) is 6.07 Å². The van der Waals surface area contributed by atoms with Crippen molar-refractivity contribution in [3.05, 3.63) is 53.6 Å². The SMILES string of the molecule is Cc1cccc(CNC(=O)CNS(=O)(=O)c2ccc3c(c2)OCCO3)c1. The number of sulfonamides is 1. The number of hydrogen-bond acceptors (Lipinski definition) is 5. The van der Waals surface area contributed by atoms with Crippen LogP contribution >= 0.6 is 0 Å². The Bertz CT molecular complexity index is 912. The van der Waals surface area contributed by atoms with Crippen molar-refractivity contribution in [1.82, 2.24) is 10.0 Å². The third-order valence-corrected chi connectivity index (χ3v) is 5.22. The van der Waals surface area contributed by atoms with Gasteiger partial charge in [0.1, 0.15) is 13.2 Å². The second kappa shape index (κ2) is 7.76. The summed E-state index contributed by atoms with van der Waals surface area (Å²) in [5.74, 6) is 0.474. The first-order valence-electron chi connectivity index (χ1n) is 8.15. The first kappa shape index (κ1) is 18.2. The van der Waals surface area contributed by atoms with Crippen LogP contribution in [0.1, 0.15) is 11.1 Å². The Morgan fingerprint density at radius 2 is 1.85 bits per heavy atom. The van der Waals surface area contributed by atoms with Gasteiger partial charge in [-0.3, -0.25) is 4.79 Å². The lowest BCUT2D eigenvalue weighted by molar-refractivity contribution is -0.120. The standard InChI is InChI=1S/C18H20N2O5S/c1-13-3-2-4-14(9-13)11-19-18(21)12-20-26(22,23)15-5-6-16-17(10-15)25-8-7-24-16/h2-6,9-10,20H,7-8,11-12H2,1H3,(H,19,21). The zero-order valence-electron chi connectivity index (χ0n) is 14.3. The molecule has 3 rings (SSSR count). The zero-order chi connectivity index (χ0) is 18.6. The first-order valence-corrected chi connectivity index (χ1v) is 9.64. The van der Waals surface area contributed by atoms with Crippen molar-refractivity contribution in [3.8, 4) is 11.5 Å². The van der Waals surface area contributed by atoms with Gasteiger partial charge in [0.25, 0.3) is 0 Å². The molecule has 1 heterocycles. The molecule has 1 aliphatic heterocycles. The van der Waals surface area contributed by atoms with Crippen LogP contribution in [0.3, 0.4) is 0 Å². The molecule has 1 aliphatic rings. The highest BCUT2D eigenvalue weighted by atomic mass is 32.2. The maximum atomic E-state index is 12.4. The van der Waals surface area contributed by atoms with Crippen LogP contribution in [0.15, 0.2) is 47.4 Å². The Balaban J connectivity index is 1.57. The van der Waals surface area contributed by atoms with Crippen molar-refractivity contribution in [2.45, 2.75) is 18.4 Å². The van der Waals surface area contributed by atoms with E-state index < -0.39 is 15.9 Å². The number of aryl methyl sites for hydroxylation is 1. The number of fused-ring (bicyclic) bond motifs is 1. The second-order valence-electron chi connectivity index (χ2n) is 5.90. The predicted octanol–water partition coefficient (Wildman–Crippen LogP) is 1.36. The molecule has 0 atom stereocenters. The van der Waals surface area contributed by atoms with Crippen LogP contribution in [0.5, 0.6) is 11.5 Å². The van der Waals surface area contributed by atoms with E-state index in [9.17, 15) is 13.2 Å². The summed E-state index contributed by atoms with van der Waals surface area (Å²) in [5, 5.41) is 2.69. The molecule has 2 N–H and O–H groups in total. The van der Waals surface area contributed by atoms with E-state index in [-0.39, 0.29) is 11.4 Å². The van der Waals surface area contributed by atoms with Gasteiger partial charge in [0.2, 0.25) is 15.9 Å². The maximum absolute atomic E-state index is 12.4. The summed E-state index contributed by atoms with van der Waals surface area (Å²) in [7, 11) is -3.82. The smallest absolute Gasteiger partial charge is 0.241 e. The van der Waals surface area contributed by atoms with Gasteiger partial charge in [-0.1, -0.05) is 29.8 Å². The molecule has 2 aromatic carbocycles. The van der Waals surface area contributed by atoms with Crippen LogP contribution in [0, 0.1) is 6.92 Å². The summed E-state index contributed by atoms with van der Waals surface area (Å²) in [6.07, 6.45) is 0. The quantitative estimate of drug-likeness (QED) is 0.794. The molecule has 0 aromatic heterocycles. The van der Waals surface area contributed by atoms with E-state index in [1.165, 1.54) is 12.1 Å². The Kier molecular flexibility index (Phi) is 5.43. The molecule has 0 unspecified atom stereocenters. The van der Waals surface area contributed by atoms with Gasteiger partial charge in [0, 0.05) is 12.6 Å². The van der Waals surface area contributed by atoms with Crippen molar-refractivity contribution in [2.24, 2.45) is 0 Å². The first-order chi connectivity index (χ1) is 12.4. The number of nitrogens with one attached hydrogen (secondary N) is 2. The molecule has 0 radical (unpaired) electrons. The monoisotopic (exact) mass is 376 g/mol. The molecular formula is C18H20N2O5S. The third-order valence-electron chi connectivity index (χ3n) is 3.82.